The summed E-state index contributed by atoms with van der Waals surface area (Å²) in [7, 11) is 0. The lowest BCUT2D eigenvalue weighted by Gasteiger charge is -2.15. The van der Waals surface area contributed by atoms with Gasteiger partial charge in [-0.3, -0.25) is 5.10 Å². The van der Waals surface area contributed by atoms with Crippen LogP contribution in [0.5, 0.6) is 0 Å². The summed E-state index contributed by atoms with van der Waals surface area (Å²) in [6.07, 6.45) is -0.306. The first-order valence-corrected chi connectivity index (χ1v) is 6.41. The Kier molecular flexibility index (Phi) is 3.93. The molecule has 2 unspecified atom stereocenters. The Bertz CT molecular complexity index is 521. The van der Waals surface area contributed by atoms with Crippen LogP contribution in [0, 0.1) is 0 Å². The van der Waals surface area contributed by atoms with Crippen molar-refractivity contribution in [3.8, 4) is 0 Å². The minimum absolute atomic E-state index is 0.198. The van der Waals surface area contributed by atoms with E-state index < -0.39 is 12.2 Å². The molecule has 17 heavy (non-hydrogen) atoms. The molecular weight excluding hydrogens is 311 g/mol. The van der Waals surface area contributed by atoms with Gasteiger partial charge in [0.25, 0.3) is 0 Å². The third-order valence-electron chi connectivity index (χ3n) is 2.40. The van der Waals surface area contributed by atoms with Crippen molar-refractivity contribution in [1.29, 1.82) is 0 Å². The molecule has 0 aliphatic heterocycles. The number of aromatic nitrogens is 4. The fourth-order valence-corrected chi connectivity index (χ4v) is 2.22. The van der Waals surface area contributed by atoms with Crippen LogP contribution in [0.4, 0.5) is 0 Å². The smallest absolute Gasteiger partial charge is 0.185 e. The van der Waals surface area contributed by atoms with E-state index in [0.29, 0.717) is 28.5 Å². The summed E-state index contributed by atoms with van der Waals surface area (Å²) in [4.78, 5) is 7.73. The van der Waals surface area contributed by atoms with E-state index in [0.717, 1.165) is 0 Å². The summed E-state index contributed by atoms with van der Waals surface area (Å²) >= 11 is 9.11. The molecule has 2 atom stereocenters. The SMILES string of the molecule is OC(CCBr)C(O)c1[nH]nc2ncnc(Cl)c12. The first kappa shape index (κ1) is 12.7. The third kappa shape index (κ3) is 2.42. The van der Waals surface area contributed by atoms with Gasteiger partial charge in [0.2, 0.25) is 0 Å². The molecule has 92 valence electrons. The number of aliphatic hydroxyl groups excluding tert-OH is 2. The van der Waals surface area contributed by atoms with Gasteiger partial charge in [-0.15, -0.1) is 0 Å². The molecule has 0 aromatic carbocycles. The zero-order chi connectivity index (χ0) is 12.4. The molecule has 0 aliphatic carbocycles. The second kappa shape index (κ2) is 5.26. The molecule has 0 radical (unpaired) electrons. The summed E-state index contributed by atoms with van der Waals surface area (Å²) in [6.45, 7) is 0. The van der Waals surface area contributed by atoms with E-state index in [9.17, 15) is 10.2 Å². The molecule has 0 spiro atoms. The maximum absolute atomic E-state index is 9.98. The maximum Gasteiger partial charge on any atom is 0.185 e. The molecule has 0 aliphatic rings. The Labute approximate surface area is 110 Å². The molecule has 2 aromatic heterocycles. The average Bonchev–Trinajstić information content (AvgIpc) is 2.73. The second-order valence-electron chi connectivity index (χ2n) is 3.49. The summed E-state index contributed by atoms with van der Waals surface area (Å²) in [5, 5.41) is 27.5. The lowest BCUT2D eigenvalue weighted by Crippen LogP contribution is -2.19. The highest BCUT2D eigenvalue weighted by Crippen LogP contribution is 2.28. The number of nitrogens with zero attached hydrogens (tertiary/aromatic N) is 3. The van der Waals surface area contributed by atoms with E-state index in [1.54, 1.807) is 0 Å². The Balaban J connectivity index is 2.42. The highest BCUT2D eigenvalue weighted by atomic mass is 79.9. The monoisotopic (exact) mass is 320 g/mol. The predicted octanol–water partition coefficient (Wildman–Crippen LogP) is 1.19. The molecule has 2 heterocycles. The van der Waals surface area contributed by atoms with Crippen LogP contribution in [-0.4, -0.2) is 41.8 Å². The highest BCUT2D eigenvalue weighted by Gasteiger charge is 2.24. The van der Waals surface area contributed by atoms with Crippen molar-refractivity contribution < 1.29 is 10.2 Å². The van der Waals surface area contributed by atoms with Crippen LogP contribution in [0.1, 0.15) is 18.2 Å². The zero-order valence-corrected chi connectivity index (χ0v) is 11.0. The highest BCUT2D eigenvalue weighted by molar-refractivity contribution is 9.09. The van der Waals surface area contributed by atoms with Gasteiger partial charge in [0, 0.05) is 5.33 Å². The van der Waals surface area contributed by atoms with Crippen molar-refractivity contribution in [2.45, 2.75) is 18.6 Å². The van der Waals surface area contributed by atoms with Crippen molar-refractivity contribution in [2.24, 2.45) is 0 Å². The van der Waals surface area contributed by atoms with Gasteiger partial charge in [0.15, 0.2) is 5.65 Å². The predicted molar refractivity (Wildman–Crippen MR) is 66.1 cm³/mol. The molecular formula is C9H10BrClN4O2. The average molecular weight is 322 g/mol. The molecule has 0 amide bonds. The summed E-state index contributed by atoms with van der Waals surface area (Å²) in [5.41, 5.74) is 0.698. The van der Waals surface area contributed by atoms with Gasteiger partial charge in [0.05, 0.1) is 17.2 Å². The van der Waals surface area contributed by atoms with Crippen LogP contribution < -0.4 is 0 Å². The first-order chi connectivity index (χ1) is 8.15. The normalized spacial score (nSPS) is 15.1. The molecule has 2 rings (SSSR count). The number of aromatic amines is 1. The lowest BCUT2D eigenvalue weighted by atomic mass is 10.1. The lowest BCUT2D eigenvalue weighted by molar-refractivity contribution is 0.0156. The van der Waals surface area contributed by atoms with Crippen LogP contribution in [-0.2, 0) is 0 Å². The molecule has 6 nitrogen and oxygen atoms in total. The van der Waals surface area contributed by atoms with Gasteiger partial charge >= 0.3 is 0 Å². The Morgan fingerprint density at radius 1 is 1.41 bits per heavy atom. The van der Waals surface area contributed by atoms with Crippen LogP contribution >= 0.6 is 27.5 Å². The van der Waals surface area contributed by atoms with Crippen molar-refractivity contribution in [3.05, 3.63) is 17.2 Å². The van der Waals surface area contributed by atoms with E-state index in [2.05, 4.69) is 36.1 Å². The van der Waals surface area contributed by atoms with Gasteiger partial charge in [-0.05, 0) is 6.42 Å². The fourth-order valence-electron chi connectivity index (χ4n) is 1.52. The number of fused-ring (bicyclic) bond motifs is 1. The molecule has 8 heteroatoms. The zero-order valence-electron chi connectivity index (χ0n) is 8.64. The standard InChI is InChI=1S/C9H10BrClN4O2/c10-2-1-4(16)7(17)6-5-8(11)12-3-13-9(5)15-14-6/h3-4,7,16-17H,1-2H2,(H,12,13,14,15). The van der Waals surface area contributed by atoms with Crippen LogP contribution in [0.2, 0.25) is 5.15 Å². The third-order valence-corrected chi connectivity index (χ3v) is 3.14. The molecule has 2 aromatic rings. The first-order valence-electron chi connectivity index (χ1n) is 4.91. The molecule has 0 bridgehead atoms. The number of halogens is 2. The minimum Gasteiger partial charge on any atom is -0.390 e. The van der Waals surface area contributed by atoms with Crippen LogP contribution in [0.25, 0.3) is 11.0 Å². The maximum atomic E-state index is 9.98. The number of rotatable bonds is 4. The summed E-state index contributed by atoms with van der Waals surface area (Å²) in [6, 6.07) is 0. The van der Waals surface area contributed by atoms with Gasteiger partial charge in [-0.25, -0.2) is 9.97 Å². The van der Waals surface area contributed by atoms with Crippen molar-refractivity contribution in [1.82, 2.24) is 20.2 Å². The summed E-state index contributed by atoms with van der Waals surface area (Å²) in [5.74, 6) is 0. The molecule has 0 fully saturated rings. The molecule has 3 N–H and O–H groups in total. The number of hydrogen-bond acceptors (Lipinski definition) is 5. The summed E-state index contributed by atoms with van der Waals surface area (Å²) < 4.78 is 0. The number of aliphatic hydroxyl groups is 2. The van der Waals surface area contributed by atoms with E-state index in [1.807, 2.05) is 0 Å². The number of H-pyrrole nitrogens is 1. The number of nitrogens with one attached hydrogen (secondary N) is 1. The largest absolute Gasteiger partial charge is 0.390 e. The topological polar surface area (TPSA) is 94.9 Å². The Morgan fingerprint density at radius 3 is 2.88 bits per heavy atom. The quantitative estimate of drug-likeness (QED) is 0.581. The van der Waals surface area contributed by atoms with Crippen molar-refractivity contribution in [2.75, 3.05) is 5.33 Å². The van der Waals surface area contributed by atoms with Gasteiger partial charge in [-0.1, -0.05) is 27.5 Å². The Morgan fingerprint density at radius 2 is 2.18 bits per heavy atom. The van der Waals surface area contributed by atoms with E-state index in [4.69, 9.17) is 11.6 Å². The second-order valence-corrected chi connectivity index (χ2v) is 4.64. The van der Waals surface area contributed by atoms with E-state index >= 15 is 0 Å². The number of hydrogen-bond donors (Lipinski definition) is 3. The van der Waals surface area contributed by atoms with Crippen molar-refractivity contribution in [3.63, 3.8) is 0 Å². The number of alkyl halides is 1. The van der Waals surface area contributed by atoms with Gasteiger partial charge in [-0.2, -0.15) is 5.10 Å². The van der Waals surface area contributed by atoms with Crippen molar-refractivity contribution >= 4 is 38.6 Å². The minimum atomic E-state index is -1.10. The van der Waals surface area contributed by atoms with E-state index in [-0.39, 0.29) is 5.15 Å². The molecule has 0 saturated heterocycles. The van der Waals surface area contributed by atoms with E-state index in [1.165, 1.54) is 6.33 Å². The Hall–Kier alpha value is -0.760. The van der Waals surface area contributed by atoms with Crippen LogP contribution in [0.15, 0.2) is 6.33 Å². The van der Waals surface area contributed by atoms with Gasteiger partial charge in [0.1, 0.15) is 17.6 Å². The van der Waals surface area contributed by atoms with Gasteiger partial charge < -0.3 is 10.2 Å². The van der Waals surface area contributed by atoms with Crippen LogP contribution in [0.3, 0.4) is 0 Å². The molecule has 0 saturated carbocycles. The fraction of sp³-hybridized carbons (Fsp3) is 0.444.